The first kappa shape index (κ1) is 9.78. The number of carbonyl (C=O) groups is 1. The normalized spacial score (nSPS) is 9.69. The molecule has 0 aliphatic heterocycles. The molecule has 0 atom stereocenters. The first-order valence-electron chi connectivity index (χ1n) is 4.27. The molecule has 0 saturated carbocycles. The van der Waals surface area contributed by atoms with Crippen LogP contribution >= 0.6 is 0 Å². The van der Waals surface area contributed by atoms with Crippen LogP contribution in [-0.2, 0) is 4.74 Å². The molecule has 68 valence electrons. The van der Waals surface area contributed by atoms with E-state index < -0.39 is 0 Å². The lowest BCUT2D eigenvalue weighted by Gasteiger charge is -2.04. The molecular formula is C11H12O2. The molecule has 0 amide bonds. The van der Waals surface area contributed by atoms with Crippen LogP contribution in [0.2, 0.25) is 0 Å². The quantitative estimate of drug-likeness (QED) is 0.660. The van der Waals surface area contributed by atoms with Crippen molar-refractivity contribution in [3.05, 3.63) is 42.3 Å². The molecular weight excluding hydrogens is 164 g/mol. The first-order valence-corrected chi connectivity index (χ1v) is 4.27. The van der Waals surface area contributed by atoms with Crippen LogP contribution in [0.15, 0.2) is 24.3 Å². The third-order valence-corrected chi connectivity index (χ3v) is 1.62. The predicted octanol–water partition coefficient (Wildman–Crippen LogP) is 2.31. The van der Waals surface area contributed by atoms with Gasteiger partial charge < -0.3 is 4.74 Å². The Labute approximate surface area is 78.5 Å². The molecule has 0 heterocycles. The Morgan fingerprint density at radius 2 is 2.15 bits per heavy atom. The Bertz CT molecular complexity index is 292. The standard InChI is InChI=1S/C11H12O2/c1-3-8-13-11(12)10-7-5-4-6-9(10)2/h2,4-7H,3,8H2,1H3. The van der Waals surface area contributed by atoms with Crippen molar-refractivity contribution in [2.75, 3.05) is 6.61 Å². The van der Waals surface area contributed by atoms with Crippen LogP contribution in [0.5, 0.6) is 0 Å². The third-order valence-electron chi connectivity index (χ3n) is 1.62. The van der Waals surface area contributed by atoms with Gasteiger partial charge in [0.05, 0.1) is 12.2 Å². The van der Waals surface area contributed by atoms with Crippen LogP contribution in [0.1, 0.15) is 29.3 Å². The molecule has 0 spiro atoms. The summed E-state index contributed by atoms with van der Waals surface area (Å²) < 4.78 is 4.94. The largest absolute Gasteiger partial charge is 0.462 e. The topological polar surface area (TPSA) is 26.3 Å². The van der Waals surface area contributed by atoms with E-state index in [2.05, 4.69) is 0 Å². The number of rotatable bonds is 3. The van der Waals surface area contributed by atoms with Crippen LogP contribution in [-0.4, -0.2) is 12.6 Å². The van der Waals surface area contributed by atoms with Gasteiger partial charge in [-0.2, -0.15) is 0 Å². The lowest BCUT2D eigenvalue weighted by Crippen LogP contribution is -2.07. The van der Waals surface area contributed by atoms with E-state index in [0.29, 0.717) is 17.7 Å². The Morgan fingerprint density at radius 1 is 1.46 bits per heavy atom. The van der Waals surface area contributed by atoms with Crippen LogP contribution in [0.4, 0.5) is 0 Å². The molecule has 0 aliphatic rings. The summed E-state index contributed by atoms with van der Waals surface area (Å²) in [5.41, 5.74) is 0.902. The third kappa shape index (κ3) is 2.58. The lowest BCUT2D eigenvalue weighted by atomic mass is 10.1. The molecule has 0 aliphatic carbocycles. The second kappa shape index (κ2) is 4.65. The first-order chi connectivity index (χ1) is 6.25. The second-order valence-corrected chi connectivity index (χ2v) is 2.72. The minimum absolute atomic E-state index is 0.347. The molecule has 1 aromatic rings. The van der Waals surface area contributed by atoms with Crippen molar-refractivity contribution in [3.8, 4) is 0 Å². The van der Waals surface area contributed by atoms with Crippen molar-refractivity contribution < 1.29 is 9.53 Å². The maximum atomic E-state index is 11.3. The van der Waals surface area contributed by atoms with Gasteiger partial charge in [-0.25, -0.2) is 4.79 Å². The minimum atomic E-state index is -0.347. The number of ether oxygens (including phenoxy) is 1. The number of benzene rings is 1. The van der Waals surface area contributed by atoms with Crippen LogP contribution in [0.3, 0.4) is 0 Å². The second-order valence-electron chi connectivity index (χ2n) is 2.72. The molecule has 2 nitrogen and oxygen atoms in total. The Morgan fingerprint density at radius 3 is 2.77 bits per heavy atom. The molecule has 1 aromatic carbocycles. The highest BCUT2D eigenvalue weighted by Crippen LogP contribution is 2.08. The van der Waals surface area contributed by atoms with E-state index in [1.54, 1.807) is 24.3 Å². The van der Waals surface area contributed by atoms with Gasteiger partial charge in [-0.3, -0.25) is 0 Å². The van der Waals surface area contributed by atoms with Crippen molar-refractivity contribution in [3.63, 3.8) is 0 Å². The molecule has 0 saturated heterocycles. The van der Waals surface area contributed by atoms with Crippen molar-refractivity contribution in [2.24, 2.45) is 0 Å². The Hall–Kier alpha value is -1.31. The molecule has 0 N–H and O–H groups in total. The maximum absolute atomic E-state index is 11.3. The van der Waals surface area contributed by atoms with Gasteiger partial charge in [0.2, 0.25) is 0 Å². The highest BCUT2D eigenvalue weighted by Gasteiger charge is 2.08. The van der Waals surface area contributed by atoms with Gasteiger partial charge in [-0.05, 0) is 25.0 Å². The Balaban J connectivity index is 2.71. The average molecular weight is 176 g/mol. The summed E-state index contributed by atoms with van der Waals surface area (Å²) >= 11 is 0. The SMILES string of the molecule is [CH]c1ccccc1C(=O)OCCC. The zero-order valence-corrected chi connectivity index (χ0v) is 7.62. The summed E-state index contributed by atoms with van der Waals surface area (Å²) in [6, 6.07) is 6.89. The molecule has 0 aromatic heterocycles. The highest BCUT2D eigenvalue weighted by molar-refractivity contribution is 5.91. The van der Waals surface area contributed by atoms with Crippen molar-refractivity contribution in [2.45, 2.75) is 13.3 Å². The highest BCUT2D eigenvalue weighted by atomic mass is 16.5. The van der Waals surface area contributed by atoms with E-state index in [-0.39, 0.29) is 5.97 Å². The average Bonchev–Trinajstić information content (AvgIpc) is 2.15. The summed E-state index contributed by atoms with van der Waals surface area (Å²) in [5, 5.41) is 0. The fraction of sp³-hybridized carbons (Fsp3) is 0.273. The predicted molar refractivity (Wildman–Crippen MR) is 50.4 cm³/mol. The van der Waals surface area contributed by atoms with E-state index in [1.807, 2.05) is 6.92 Å². The summed E-state index contributed by atoms with van der Waals surface area (Å²) in [6.07, 6.45) is 0.818. The monoisotopic (exact) mass is 176 g/mol. The summed E-state index contributed by atoms with van der Waals surface area (Å²) in [4.78, 5) is 11.3. The number of hydrogen-bond donors (Lipinski definition) is 0. The zero-order valence-electron chi connectivity index (χ0n) is 7.62. The minimum Gasteiger partial charge on any atom is -0.462 e. The summed E-state index contributed by atoms with van der Waals surface area (Å²) in [5.74, 6) is -0.347. The van der Waals surface area contributed by atoms with Gasteiger partial charge in [0.25, 0.3) is 0 Å². The molecule has 2 radical (unpaired) electrons. The van der Waals surface area contributed by atoms with Gasteiger partial charge >= 0.3 is 5.97 Å². The molecule has 0 fully saturated rings. The van der Waals surface area contributed by atoms with Gasteiger partial charge in [0.15, 0.2) is 0 Å². The van der Waals surface area contributed by atoms with Gasteiger partial charge in [-0.1, -0.05) is 25.1 Å². The van der Waals surface area contributed by atoms with Crippen LogP contribution in [0.25, 0.3) is 0 Å². The van der Waals surface area contributed by atoms with Crippen molar-refractivity contribution in [1.82, 2.24) is 0 Å². The lowest BCUT2D eigenvalue weighted by molar-refractivity contribution is 0.0504. The molecule has 2 heteroatoms. The summed E-state index contributed by atoms with van der Waals surface area (Å²) in [7, 11) is 0. The summed E-state index contributed by atoms with van der Waals surface area (Å²) in [6.45, 7) is 7.98. The van der Waals surface area contributed by atoms with Crippen LogP contribution < -0.4 is 0 Å². The van der Waals surface area contributed by atoms with Crippen molar-refractivity contribution >= 4 is 5.97 Å². The molecule has 0 unspecified atom stereocenters. The van der Waals surface area contributed by atoms with Gasteiger partial charge in [0, 0.05) is 0 Å². The Kier molecular flexibility index (Phi) is 3.50. The maximum Gasteiger partial charge on any atom is 0.338 e. The number of hydrogen-bond acceptors (Lipinski definition) is 2. The van der Waals surface area contributed by atoms with E-state index in [4.69, 9.17) is 11.7 Å². The molecule has 0 bridgehead atoms. The van der Waals surface area contributed by atoms with Gasteiger partial charge in [-0.15, -0.1) is 0 Å². The zero-order chi connectivity index (χ0) is 9.68. The number of carbonyl (C=O) groups excluding carboxylic acids is 1. The van der Waals surface area contributed by atoms with E-state index in [9.17, 15) is 4.79 Å². The van der Waals surface area contributed by atoms with E-state index in [0.717, 1.165) is 6.42 Å². The molecule has 1 rings (SSSR count). The van der Waals surface area contributed by atoms with E-state index in [1.165, 1.54) is 0 Å². The fourth-order valence-corrected chi connectivity index (χ4v) is 0.955. The smallest absolute Gasteiger partial charge is 0.338 e. The van der Waals surface area contributed by atoms with Gasteiger partial charge in [0.1, 0.15) is 0 Å². The number of esters is 1. The van der Waals surface area contributed by atoms with Crippen LogP contribution in [0, 0.1) is 6.92 Å². The van der Waals surface area contributed by atoms with E-state index >= 15 is 0 Å². The fourth-order valence-electron chi connectivity index (χ4n) is 0.955. The molecule has 13 heavy (non-hydrogen) atoms. The van der Waals surface area contributed by atoms with Crippen molar-refractivity contribution in [1.29, 1.82) is 0 Å².